The molecule has 0 amide bonds. The standard InChI is InChI=1S/C18H34N2/c1-2-8-17-14-20(13-16-9-4-5-10-16)18(15-19-17)11-6-3-7-12-18/h16-17,19H,2-15H2,1H3. The van der Waals surface area contributed by atoms with Gasteiger partial charge in [0.2, 0.25) is 0 Å². The number of nitrogens with zero attached hydrogens (tertiary/aromatic N) is 1. The van der Waals surface area contributed by atoms with E-state index in [1.807, 2.05) is 0 Å². The molecule has 2 heteroatoms. The van der Waals surface area contributed by atoms with Crippen LogP contribution in [0, 0.1) is 5.92 Å². The van der Waals surface area contributed by atoms with Crippen LogP contribution in [-0.2, 0) is 0 Å². The zero-order chi connectivity index (χ0) is 13.8. The normalized spacial score (nSPS) is 31.9. The summed E-state index contributed by atoms with van der Waals surface area (Å²) in [5.74, 6) is 1.01. The third-order valence-corrected chi connectivity index (χ3v) is 6.21. The van der Waals surface area contributed by atoms with Gasteiger partial charge in [0.25, 0.3) is 0 Å². The Labute approximate surface area is 125 Å². The Hall–Kier alpha value is -0.0800. The number of nitrogens with one attached hydrogen (secondary N) is 1. The van der Waals surface area contributed by atoms with Gasteiger partial charge in [-0.25, -0.2) is 0 Å². The topological polar surface area (TPSA) is 15.3 Å². The van der Waals surface area contributed by atoms with Crippen molar-refractivity contribution in [3.8, 4) is 0 Å². The van der Waals surface area contributed by atoms with E-state index in [1.165, 1.54) is 90.3 Å². The molecule has 1 unspecified atom stereocenters. The maximum absolute atomic E-state index is 3.89. The molecule has 1 atom stereocenters. The van der Waals surface area contributed by atoms with Crippen LogP contribution in [0.4, 0.5) is 0 Å². The van der Waals surface area contributed by atoms with Crippen molar-refractivity contribution < 1.29 is 0 Å². The Kier molecular flexibility index (Phi) is 5.04. The molecule has 1 N–H and O–H groups in total. The van der Waals surface area contributed by atoms with Crippen LogP contribution >= 0.6 is 0 Å². The second kappa shape index (κ2) is 6.79. The molecule has 1 aliphatic heterocycles. The van der Waals surface area contributed by atoms with Crippen molar-refractivity contribution >= 4 is 0 Å². The van der Waals surface area contributed by atoms with E-state index in [9.17, 15) is 0 Å². The molecule has 2 nitrogen and oxygen atoms in total. The molecule has 0 aromatic carbocycles. The van der Waals surface area contributed by atoms with Gasteiger partial charge in [0.15, 0.2) is 0 Å². The predicted molar refractivity (Wildman–Crippen MR) is 86.0 cm³/mol. The maximum Gasteiger partial charge on any atom is 0.0334 e. The van der Waals surface area contributed by atoms with Gasteiger partial charge in [0.05, 0.1) is 0 Å². The van der Waals surface area contributed by atoms with Crippen LogP contribution in [0.5, 0.6) is 0 Å². The summed E-state index contributed by atoms with van der Waals surface area (Å²) >= 11 is 0. The largest absolute Gasteiger partial charge is 0.311 e. The summed E-state index contributed by atoms with van der Waals surface area (Å²) in [4.78, 5) is 2.96. The zero-order valence-electron chi connectivity index (χ0n) is 13.5. The van der Waals surface area contributed by atoms with Gasteiger partial charge in [-0.05, 0) is 38.0 Å². The summed E-state index contributed by atoms with van der Waals surface area (Å²) in [6.07, 6.45) is 15.9. The summed E-state index contributed by atoms with van der Waals surface area (Å²) in [6.45, 7) is 6.32. The van der Waals surface area contributed by atoms with Crippen LogP contribution < -0.4 is 5.32 Å². The quantitative estimate of drug-likeness (QED) is 0.837. The highest BCUT2D eigenvalue weighted by Gasteiger charge is 2.42. The fourth-order valence-electron chi connectivity index (χ4n) is 4.99. The van der Waals surface area contributed by atoms with E-state index in [0.717, 1.165) is 12.0 Å². The molecule has 2 saturated carbocycles. The molecule has 1 saturated heterocycles. The first-order valence-corrected chi connectivity index (χ1v) is 9.31. The lowest BCUT2D eigenvalue weighted by atomic mass is 9.77. The van der Waals surface area contributed by atoms with Crippen LogP contribution in [0.2, 0.25) is 0 Å². The van der Waals surface area contributed by atoms with Crippen LogP contribution in [0.25, 0.3) is 0 Å². The molecule has 20 heavy (non-hydrogen) atoms. The number of hydrogen-bond acceptors (Lipinski definition) is 2. The van der Waals surface area contributed by atoms with E-state index in [0.29, 0.717) is 5.54 Å². The highest BCUT2D eigenvalue weighted by molar-refractivity contribution is 5.01. The lowest BCUT2D eigenvalue weighted by Crippen LogP contribution is -2.65. The Morgan fingerprint density at radius 1 is 1.05 bits per heavy atom. The maximum atomic E-state index is 3.89. The van der Waals surface area contributed by atoms with Gasteiger partial charge in [0.1, 0.15) is 0 Å². The first-order chi connectivity index (χ1) is 9.82. The fraction of sp³-hybridized carbons (Fsp3) is 1.00. The van der Waals surface area contributed by atoms with Crippen molar-refractivity contribution in [3.63, 3.8) is 0 Å². The van der Waals surface area contributed by atoms with Gasteiger partial charge in [-0.2, -0.15) is 0 Å². The molecule has 0 aromatic heterocycles. The molecule has 3 fully saturated rings. The Balaban J connectivity index is 1.67. The molecule has 3 rings (SSSR count). The fourth-order valence-corrected chi connectivity index (χ4v) is 4.99. The van der Waals surface area contributed by atoms with Crippen molar-refractivity contribution in [2.75, 3.05) is 19.6 Å². The van der Waals surface area contributed by atoms with E-state index in [2.05, 4.69) is 17.1 Å². The first-order valence-electron chi connectivity index (χ1n) is 9.31. The van der Waals surface area contributed by atoms with Crippen LogP contribution in [0.15, 0.2) is 0 Å². The Morgan fingerprint density at radius 2 is 1.80 bits per heavy atom. The van der Waals surface area contributed by atoms with E-state index < -0.39 is 0 Å². The minimum absolute atomic E-state index is 0.533. The predicted octanol–water partition coefficient (Wildman–Crippen LogP) is 3.95. The van der Waals surface area contributed by atoms with Gasteiger partial charge in [0, 0.05) is 31.2 Å². The average molecular weight is 278 g/mol. The number of hydrogen-bond donors (Lipinski definition) is 1. The van der Waals surface area contributed by atoms with Crippen molar-refractivity contribution in [1.29, 1.82) is 0 Å². The number of piperazine rings is 1. The molecule has 0 radical (unpaired) electrons. The molecule has 1 heterocycles. The molecular formula is C18H34N2. The van der Waals surface area contributed by atoms with Gasteiger partial charge >= 0.3 is 0 Å². The SMILES string of the molecule is CCCC1CN(CC2CCCC2)C2(CCCCC2)CN1. The number of rotatable bonds is 4. The van der Waals surface area contributed by atoms with Gasteiger partial charge in [-0.15, -0.1) is 0 Å². The molecule has 0 aromatic rings. The summed E-state index contributed by atoms with van der Waals surface area (Å²) in [5, 5.41) is 3.89. The van der Waals surface area contributed by atoms with E-state index in [1.54, 1.807) is 0 Å². The minimum Gasteiger partial charge on any atom is -0.311 e. The zero-order valence-corrected chi connectivity index (χ0v) is 13.5. The average Bonchev–Trinajstić information content (AvgIpc) is 2.97. The van der Waals surface area contributed by atoms with Crippen molar-refractivity contribution in [3.05, 3.63) is 0 Å². The highest BCUT2D eigenvalue weighted by atomic mass is 15.3. The summed E-state index contributed by atoms with van der Waals surface area (Å²) in [5.41, 5.74) is 0.533. The van der Waals surface area contributed by atoms with Crippen molar-refractivity contribution in [1.82, 2.24) is 10.2 Å². The van der Waals surface area contributed by atoms with E-state index in [-0.39, 0.29) is 0 Å². The lowest BCUT2D eigenvalue weighted by molar-refractivity contribution is -0.00209. The molecular weight excluding hydrogens is 244 g/mol. The third kappa shape index (κ3) is 3.22. The van der Waals surface area contributed by atoms with Crippen LogP contribution in [-0.4, -0.2) is 36.1 Å². The van der Waals surface area contributed by atoms with Crippen LogP contribution in [0.3, 0.4) is 0 Å². The highest BCUT2D eigenvalue weighted by Crippen LogP contribution is 2.38. The molecule has 0 bridgehead atoms. The van der Waals surface area contributed by atoms with E-state index >= 15 is 0 Å². The Morgan fingerprint density at radius 3 is 2.50 bits per heavy atom. The van der Waals surface area contributed by atoms with Gasteiger partial charge < -0.3 is 5.32 Å². The van der Waals surface area contributed by atoms with Crippen LogP contribution in [0.1, 0.15) is 77.6 Å². The summed E-state index contributed by atoms with van der Waals surface area (Å²) < 4.78 is 0. The monoisotopic (exact) mass is 278 g/mol. The lowest BCUT2D eigenvalue weighted by Gasteiger charge is -2.53. The molecule has 2 aliphatic carbocycles. The molecule has 116 valence electrons. The van der Waals surface area contributed by atoms with Gasteiger partial charge in [-0.1, -0.05) is 45.4 Å². The van der Waals surface area contributed by atoms with Crippen molar-refractivity contribution in [2.45, 2.75) is 89.1 Å². The second-order valence-corrected chi connectivity index (χ2v) is 7.71. The molecule has 1 spiro atoms. The van der Waals surface area contributed by atoms with Gasteiger partial charge in [-0.3, -0.25) is 4.90 Å². The first kappa shape index (κ1) is 14.8. The third-order valence-electron chi connectivity index (χ3n) is 6.21. The molecule has 3 aliphatic rings. The minimum atomic E-state index is 0.533. The second-order valence-electron chi connectivity index (χ2n) is 7.71. The summed E-state index contributed by atoms with van der Waals surface area (Å²) in [7, 11) is 0. The van der Waals surface area contributed by atoms with E-state index in [4.69, 9.17) is 0 Å². The van der Waals surface area contributed by atoms with Crippen molar-refractivity contribution in [2.24, 2.45) is 5.92 Å². The Bertz CT molecular complexity index is 290. The smallest absolute Gasteiger partial charge is 0.0334 e. The summed E-state index contributed by atoms with van der Waals surface area (Å²) in [6, 6.07) is 0.758.